The van der Waals surface area contributed by atoms with Crippen LogP contribution in [0.15, 0.2) is 29.3 Å². The number of rotatable bonds is 8. The highest BCUT2D eigenvalue weighted by Crippen LogP contribution is 2.17. The van der Waals surface area contributed by atoms with Gasteiger partial charge in [0.05, 0.1) is 6.61 Å². The highest BCUT2D eigenvalue weighted by Gasteiger charge is 2.24. The van der Waals surface area contributed by atoms with Crippen molar-refractivity contribution in [3.63, 3.8) is 0 Å². The SMILES string of the molecule is CCNC(=NCCCc1cccc(F)c1)NC1CCN(CC2CCOC2)CC1.I. The van der Waals surface area contributed by atoms with Crippen LogP contribution >= 0.6 is 24.0 Å². The molecule has 0 spiro atoms. The van der Waals surface area contributed by atoms with E-state index < -0.39 is 0 Å². The van der Waals surface area contributed by atoms with Crippen LogP contribution in [0.2, 0.25) is 0 Å². The van der Waals surface area contributed by atoms with Crippen LogP contribution < -0.4 is 10.6 Å². The molecule has 0 saturated carbocycles. The molecule has 0 amide bonds. The van der Waals surface area contributed by atoms with Gasteiger partial charge in [0.1, 0.15) is 5.82 Å². The molecule has 0 bridgehead atoms. The molecule has 2 N–H and O–H groups in total. The van der Waals surface area contributed by atoms with Crippen LogP contribution in [0.25, 0.3) is 0 Å². The fraction of sp³-hybridized carbons (Fsp3) is 0.682. The zero-order valence-corrected chi connectivity index (χ0v) is 19.9. The molecule has 5 nitrogen and oxygen atoms in total. The predicted octanol–water partition coefficient (Wildman–Crippen LogP) is 3.43. The van der Waals surface area contributed by atoms with Gasteiger partial charge >= 0.3 is 0 Å². The molecule has 2 aliphatic rings. The molecule has 7 heteroatoms. The summed E-state index contributed by atoms with van der Waals surface area (Å²) in [6.45, 7) is 9.04. The Labute approximate surface area is 191 Å². The lowest BCUT2D eigenvalue weighted by atomic mass is 10.0. The predicted molar refractivity (Wildman–Crippen MR) is 128 cm³/mol. The normalized spacial score (nSPS) is 21.0. The summed E-state index contributed by atoms with van der Waals surface area (Å²) in [5, 5.41) is 6.96. The molecule has 2 heterocycles. The van der Waals surface area contributed by atoms with E-state index in [0.717, 1.165) is 82.5 Å². The van der Waals surface area contributed by atoms with Crippen LogP contribution in [0, 0.1) is 11.7 Å². The van der Waals surface area contributed by atoms with Crippen molar-refractivity contribution < 1.29 is 9.13 Å². The van der Waals surface area contributed by atoms with Crippen LogP contribution in [0.3, 0.4) is 0 Å². The second kappa shape index (κ2) is 13.4. The number of guanidine groups is 1. The number of piperidine rings is 1. The molecular weight excluding hydrogens is 482 g/mol. The molecule has 1 aromatic carbocycles. The summed E-state index contributed by atoms with van der Waals surface area (Å²) < 4.78 is 18.7. The van der Waals surface area contributed by atoms with Crippen molar-refractivity contribution in [3.05, 3.63) is 35.6 Å². The molecule has 0 radical (unpaired) electrons. The largest absolute Gasteiger partial charge is 0.381 e. The number of aliphatic imine (C=N–C) groups is 1. The molecule has 1 aromatic rings. The van der Waals surface area contributed by atoms with Crippen molar-refractivity contribution in [2.45, 2.75) is 45.1 Å². The molecule has 0 aliphatic carbocycles. The Bertz CT molecular complexity index is 617. The lowest BCUT2D eigenvalue weighted by molar-refractivity contribution is 0.150. The third-order valence-corrected chi connectivity index (χ3v) is 5.60. The summed E-state index contributed by atoms with van der Waals surface area (Å²) >= 11 is 0. The Balaban J connectivity index is 0.00000300. The van der Waals surface area contributed by atoms with Crippen molar-refractivity contribution in [1.82, 2.24) is 15.5 Å². The van der Waals surface area contributed by atoms with Crippen LogP contribution in [0.5, 0.6) is 0 Å². The van der Waals surface area contributed by atoms with Crippen molar-refractivity contribution in [2.24, 2.45) is 10.9 Å². The van der Waals surface area contributed by atoms with Crippen LogP contribution in [-0.2, 0) is 11.2 Å². The van der Waals surface area contributed by atoms with Crippen LogP contribution in [0.4, 0.5) is 4.39 Å². The molecule has 29 heavy (non-hydrogen) atoms. The lowest BCUT2D eigenvalue weighted by Gasteiger charge is -2.34. The molecule has 1 atom stereocenters. The van der Waals surface area contributed by atoms with Gasteiger partial charge in [0.15, 0.2) is 5.96 Å². The van der Waals surface area contributed by atoms with Gasteiger partial charge in [0.2, 0.25) is 0 Å². The summed E-state index contributed by atoms with van der Waals surface area (Å²) in [4.78, 5) is 7.30. The Hall–Kier alpha value is -0.930. The first-order chi connectivity index (χ1) is 13.7. The van der Waals surface area contributed by atoms with Gasteiger partial charge in [-0.15, -0.1) is 24.0 Å². The first kappa shape index (κ1) is 24.3. The minimum Gasteiger partial charge on any atom is -0.381 e. The maximum absolute atomic E-state index is 13.2. The molecule has 1 unspecified atom stereocenters. The smallest absolute Gasteiger partial charge is 0.191 e. The van der Waals surface area contributed by atoms with E-state index in [9.17, 15) is 4.39 Å². The molecule has 3 rings (SSSR count). The maximum atomic E-state index is 13.2. The van der Waals surface area contributed by atoms with Crippen LogP contribution in [0.1, 0.15) is 38.2 Å². The Kier molecular flexibility index (Phi) is 11.2. The van der Waals surface area contributed by atoms with E-state index in [0.29, 0.717) is 6.04 Å². The number of nitrogens with zero attached hydrogens (tertiary/aromatic N) is 2. The zero-order valence-electron chi connectivity index (χ0n) is 17.5. The third-order valence-electron chi connectivity index (χ3n) is 5.60. The van der Waals surface area contributed by atoms with E-state index in [1.165, 1.54) is 19.0 Å². The second-order valence-electron chi connectivity index (χ2n) is 7.94. The first-order valence-electron chi connectivity index (χ1n) is 10.8. The average Bonchev–Trinajstić information content (AvgIpc) is 3.20. The van der Waals surface area contributed by atoms with E-state index in [1.54, 1.807) is 12.1 Å². The van der Waals surface area contributed by atoms with Gasteiger partial charge in [-0.1, -0.05) is 12.1 Å². The summed E-state index contributed by atoms with van der Waals surface area (Å²) in [7, 11) is 0. The third kappa shape index (κ3) is 8.76. The first-order valence-corrected chi connectivity index (χ1v) is 10.8. The fourth-order valence-corrected chi connectivity index (χ4v) is 4.03. The standard InChI is InChI=1S/C22H35FN4O.HI/c1-2-24-22(25-11-4-6-18-5-3-7-20(23)15-18)26-21-8-12-27(13-9-21)16-19-10-14-28-17-19;/h3,5,7,15,19,21H,2,4,6,8-14,16-17H2,1H3,(H2,24,25,26);1H. The van der Waals surface area contributed by atoms with E-state index >= 15 is 0 Å². The van der Waals surface area contributed by atoms with E-state index in [4.69, 9.17) is 9.73 Å². The van der Waals surface area contributed by atoms with E-state index in [2.05, 4.69) is 22.5 Å². The molecule has 2 aliphatic heterocycles. The monoisotopic (exact) mass is 518 g/mol. The number of hydrogen-bond acceptors (Lipinski definition) is 3. The van der Waals surface area contributed by atoms with Gasteiger partial charge in [0.25, 0.3) is 0 Å². The second-order valence-corrected chi connectivity index (χ2v) is 7.94. The number of likely N-dealkylation sites (tertiary alicyclic amines) is 1. The van der Waals surface area contributed by atoms with E-state index in [1.807, 2.05) is 6.07 Å². The summed E-state index contributed by atoms with van der Waals surface area (Å²) in [6.07, 6.45) is 5.29. The molecular formula is C22H36FIN4O. The van der Waals surface area contributed by atoms with Crippen LogP contribution in [-0.4, -0.2) is 62.8 Å². The Morgan fingerprint density at radius 1 is 1.28 bits per heavy atom. The Morgan fingerprint density at radius 3 is 2.79 bits per heavy atom. The van der Waals surface area contributed by atoms with Crippen molar-refractivity contribution in [3.8, 4) is 0 Å². The van der Waals surface area contributed by atoms with Gasteiger partial charge in [-0.25, -0.2) is 4.39 Å². The molecule has 164 valence electrons. The molecule has 0 aromatic heterocycles. The minimum atomic E-state index is -0.164. The van der Waals surface area contributed by atoms with Gasteiger partial charge in [0, 0.05) is 45.4 Å². The van der Waals surface area contributed by atoms with Crippen molar-refractivity contribution in [2.75, 3.05) is 45.9 Å². The number of ether oxygens (including phenoxy) is 1. The number of benzene rings is 1. The fourth-order valence-electron chi connectivity index (χ4n) is 4.03. The zero-order chi connectivity index (χ0) is 19.6. The molecule has 2 saturated heterocycles. The highest BCUT2D eigenvalue weighted by molar-refractivity contribution is 14.0. The van der Waals surface area contributed by atoms with Crippen molar-refractivity contribution in [1.29, 1.82) is 0 Å². The topological polar surface area (TPSA) is 48.9 Å². The molecule has 2 fully saturated rings. The Morgan fingerprint density at radius 2 is 2.10 bits per heavy atom. The maximum Gasteiger partial charge on any atom is 0.191 e. The highest BCUT2D eigenvalue weighted by atomic mass is 127. The summed E-state index contributed by atoms with van der Waals surface area (Å²) in [6, 6.07) is 7.32. The number of nitrogens with one attached hydrogen (secondary N) is 2. The summed E-state index contributed by atoms with van der Waals surface area (Å²) in [5.41, 5.74) is 1.04. The average molecular weight is 518 g/mol. The quantitative estimate of drug-likeness (QED) is 0.240. The number of aryl methyl sites for hydroxylation is 1. The number of halogens is 2. The van der Waals surface area contributed by atoms with Gasteiger partial charge in [-0.3, -0.25) is 4.99 Å². The number of hydrogen-bond donors (Lipinski definition) is 2. The van der Waals surface area contributed by atoms with E-state index in [-0.39, 0.29) is 29.8 Å². The van der Waals surface area contributed by atoms with Crippen molar-refractivity contribution >= 4 is 29.9 Å². The van der Waals surface area contributed by atoms with Gasteiger partial charge < -0.3 is 20.3 Å². The lowest BCUT2D eigenvalue weighted by Crippen LogP contribution is -2.49. The minimum absolute atomic E-state index is 0. The van der Waals surface area contributed by atoms with Gasteiger partial charge in [-0.2, -0.15) is 0 Å². The van der Waals surface area contributed by atoms with Gasteiger partial charge in [-0.05, 0) is 62.6 Å². The summed E-state index contributed by atoms with van der Waals surface area (Å²) in [5.74, 6) is 1.47.